The maximum atomic E-state index is 12.1. The number of allylic oxidation sites excluding steroid dienone is 1. The van der Waals surface area contributed by atoms with E-state index in [-0.39, 0.29) is 11.8 Å². The molecule has 0 spiro atoms. The van der Waals surface area contributed by atoms with Crippen molar-refractivity contribution in [1.82, 2.24) is 4.90 Å². The normalized spacial score (nSPS) is 16.2. The first-order valence-corrected chi connectivity index (χ1v) is 8.64. The highest BCUT2D eigenvalue weighted by Gasteiger charge is 2.25. The predicted molar refractivity (Wildman–Crippen MR) is 97.8 cm³/mol. The van der Waals surface area contributed by atoms with Gasteiger partial charge in [0.25, 0.3) is 0 Å². The molecule has 1 aliphatic rings. The molecule has 1 saturated heterocycles. The number of aromatic hydroxyl groups is 1. The van der Waals surface area contributed by atoms with Crippen molar-refractivity contribution in [2.24, 2.45) is 5.92 Å². The monoisotopic (exact) mass is 345 g/mol. The van der Waals surface area contributed by atoms with E-state index in [0.29, 0.717) is 36.4 Å². The number of ether oxygens (including phenoxy) is 1. The third-order valence-corrected chi connectivity index (χ3v) is 4.23. The van der Waals surface area contributed by atoms with Gasteiger partial charge < -0.3 is 14.7 Å². The Kier molecular flexibility index (Phi) is 5.88. The Bertz CT molecular complexity index is 665. The Labute approximate surface area is 149 Å². The molecule has 1 N–H and O–H groups in total. The quantitative estimate of drug-likeness (QED) is 0.835. The van der Waals surface area contributed by atoms with Gasteiger partial charge in [0, 0.05) is 13.1 Å². The van der Waals surface area contributed by atoms with E-state index in [9.17, 15) is 14.7 Å². The zero-order chi connectivity index (χ0) is 18.6. The number of hydrogen-bond donors (Lipinski definition) is 1. The second kappa shape index (κ2) is 7.72. The first kappa shape index (κ1) is 19.0. The van der Waals surface area contributed by atoms with E-state index in [1.807, 2.05) is 32.9 Å². The molecule has 2 rings (SSSR count). The molecule has 1 aromatic rings. The largest absolute Gasteiger partial charge is 0.507 e. The van der Waals surface area contributed by atoms with Gasteiger partial charge in [-0.05, 0) is 69.7 Å². The second-order valence-electron chi connectivity index (χ2n) is 7.56. The minimum absolute atomic E-state index is 0.0396. The molecule has 0 radical (unpaired) electrons. The molecule has 1 aliphatic heterocycles. The molecule has 0 atom stereocenters. The van der Waals surface area contributed by atoms with Gasteiger partial charge in [0.15, 0.2) is 6.29 Å². The summed E-state index contributed by atoms with van der Waals surface area (Å²) >= 11 is 0. The van der Waals surface area contributed by atoms with Crippen molar-refractivity contribution in [2.45, 2.75) is 46.1 Å². The maximum Gasteiger partial charge on any atom is 0.410 e. The number of phenols is 1. The number of phenolic OH excluding ortho intramolecular Hbond substituents is 1. The Morgan fingerprint density at radius 2 is 1.92 bits per heavy atom. The summed E-state index contributed by atoms with van der Waals surface area (Å²) in [5, 5.41) is 9.80. The molecule has 1 heterocycles. The van der Waals surface area contributed by atoms with Crippen LogP contribution in [0.1, 0.15) is 55.1 Å². The summed E-state index contributed by atoms with van der Waals surface area (Å²) in [5.41, 5.74) is 1.41. The van der Waals surface area contributed by atoms with Crippen LogP contribution < -0.4 is 0 Å². The summed E-state index contributed by atoms with van der Waals surface area (Å²) < 4.78 is 5.40. The second-order valence-corrected chi connectivity index (χ2v) is 7.56. The van der Waals surface area contributed by atoms with E-state index in [1.165, 1.54) is 0 Å². The molecule has 25 heavy (non-hydrogen) atoms. The Morgan fingerprint density at radius 3 is 2.48 bits per heavy atom. The van der Waals surface area contributed by atoms with Crippen LogP contribution in [0.15, 0.2) is 18.2 Å². The fourth-order valence-electron chi connectivity index (χ4n) is 2.87. The Morgan fingerprint density at radius 1 is 1.28 bits per heavy atom. The van der Waals surface area contributed by atoms with Gasteiger partial charge in [0.1, 0.15) is 11.4 Å². The lowest BCUT2D eigenvalue weighted by Crippen LogP contribution is -2.41. The van der Waals surface area contributed by atoms with Crippen LogP contribution in [-0.4, -0.2) is 41.1 Å². The summed E-state index contributed by atoms with van der Waals surface area (Å²) in [6, 6.07) is 3.54. The van der Waals surface area contributed by atoms with Gasteiger partial charge in [-0.3, -0.25) is 4.79 Å². The fourth-order valence-corrected chi connectivity index (χ4v) is 2.87. The highest BCUT2D eigenvalue weighted by molar-refractivity contribution is 5.81. The molecule has 1 amide bonds. The number of benzene rings is 1. The van der Waals surface area contributed by atoms with Gasteiger partial charge in [-0.15, -0.1) is 0 Å². The number of piperidine rings is 1. The van der Waals surface area contributed by atoms with Crippen LogP contribution in [0.5, 0.6) is 5.75 Å². The Balaban J connectivity index is 1.94. The molecular weight excluding hydrogens is 318 g/mol. The minimum atomic E-state index is -0.471. The average molecular weight is 345 g/mol. The average Bonchev–Trinajstić information content (AvgIpc) is 2.54. The van der Waals surface area contributed by atoms with Crippen LogP contribution in [0, 0.1) is 12.8 Å². The maximum absolute atomic E-state index is 12.1. The number of rotatable bonds is 3. The number of hydrogen-bond acceptors (Lipinski definition) is 4. The number of carbonyl (C=O) groups is 2. The first-order valence-electron chi connectivity index (χ1n) is 8.64. The van der Waals surface area contributed by atoms with Gasteiger partial charge in [0.05, 0.1) is 5.56 Å². The molecule has 1 aromatic carbocycles. The number of aryl methyl sites for hydroxylation is 1. The molecule has 0 unspecified atom stereocenters. The number of carbonyl (C=O) groups excluding carboxylic acids is 2. The van der Waals surface area contributed by atoms with Gasteiger partial charge in [-0.25, -0.2) is 4.79 Å². The SMILES string of the molecule is Cc1cc(/C=C/C2CCN(C(=O)OC(C)(C)C)CC2)cc(C=O)c1O. The van der Waals surface area contributed by atoms with Crippen LogP contribution in [0.3, 0.4) is 0 Å². The zero-order valence-electron chi connectivity index (χ0n) is 15.4. The summed E-state index contributed by atoms with van der Waals surface area (Å²) in [6.07, 6.45) is 6.28. The third-order valence-electron chi connectivity index (χ3n) is 4.23. The van der Waals surface area contributed by atoms with Crippen molar-refractivity contribution in [1.29, 1.82) is 0 Å². The van der Waals surface area contributed by atoms with Crippen LogP contribution in [0.25, 0.3) is 6.08 Å². The predicted octanol–water partition coefficient (Wildman–Crippen LogP) is 4.17. The molecule has 0 aliphatic carbocycles. The smallest absolute Gasteiger partial charge is 0.410 e. The van der Waals surface area contributed by atoms with Gasteiger partial charge in [0.2, 0.25) is 0 Å². The van der Waals surface area contributed by atoms with Gasteiger partial charge in [-0.1, -0.05) is 12.2 Å². The van der Waals surface area contributed by atoms with E-state index in [0.717, 1.165) is 18.4 Å². The molecule has 136 valence electrons. The van der Waals surface area contributed by atoms with E-state index >= 15 is 0 Å². The summed E-state index contributed by atoms with van der Waals surface area (Å²) in [4.78, 5) is 24.8. The standard InChI is InChI=1S/C20H27NO4/c1-14-11-16(12-17(13-22)18(14)23)6-5-15-7-9-21(10-8-15)19(24)25-20(2,3)4/h5-6,11-13,15,23H,7-10H2,1-4H3/b6-5+. The summed E-state index contributed by atoms with van der Waals surface area (Å²) in [6.45, 7) is 8.74. The highest BCUT2D eigenvalue weighted by atomic mass is 16.6. The third kappa shape index (κ3) is 5.34. The zero-order valence-corrected chi connectivity index (χ0v) is 15.4. The molecule has 5 heteroatoms. The van der Waals surface area contributed by atoms with Crippen molar-refractivity contribution >= 4 is 18.5 Å². The van der Waals surface area contributed by atoms with Crippen molar-refractivity contribution < 1.29 is 19.4 Å². The van der Waals surface area contributed by atoms with Crippen molar-refractivity contribution in [2.75, 3.05) is 13.1 Å². The fraction of sp³-hybridized carbons (Fsp3) is 0.500. The van der Waals surface area contributed by atoms with E-state index in [1.54, 1.807) is 17.9 Å². The van der Waals surface area contributed by atoms with Crippen LogP contribution in [-0.2, 0) is 4.74 Å². The number of likely N-dealkylation sites (tertiary alicyclic amines) is 1. The van der Waals surface area contributed by atoms with Crippen molar-refractivity contribution in [3.05, 3.63) is 34.9 Å². The van der Waals surface area contributed by atoms with Crippen molar-refractivity contribution in [3.63, 3.8) is 0 Å². The summed E-state index contributed by atoms with van der Waals surface area (Å²) in [7, 11) is 0. The lowest BCUT2D eigenvalue weighted by atomic mass is 9.95. The first-order chi connectivity index (χ1) is 11.7. The molecular formula is C20H27NO4. The minimum Gasteiger partial charge on any atom is -0.507 e. The molecule has 0 saturated carbocycles. The number of nitrogens with zero attached hydrogens (tertiary/aromatic N) is 1. The van der Waals surface area contributed by atoms with Gasteiger partial charge in [-0.2, -0.15) is 0 Å². The van der Waals surface area contributed by atoms with Crippen molar-refractivity contribution in [3.8, 4) is 5.75 Å². The number of aldehydes is 1. The van der Waals surface area contributed by atoms with E-state index in [2.05, 4.69) is 6.08 Å². The lowest BCUT2D eigenvalue weighted by Gasteiger charge is -2.32. The highest BCUT2D eigenvalue weighted by Crippen LogP contribution is 2.25. The van der Waals surface area contributed by atoms with Gasteiger partial charge >= 0.3 is 6.09 Å². The van der Waals surface area contributed by atoms with E-state index < -0.39 is 5.60 Å². The Hall–Kier alpha value is -2.30. The van der Waals surface area contributed by atoms with E-state index in [4.69, 9.17) is 4.74 Å². The van der Waals surface area contributed by atoms with Crippen LogP contribution in [0.4, 0.5) is 4.79 Å². The molecule has 0 aromatic heterocycles. The van der Waals surface area contributed by atoms with Crippen LogP contribution in [0.2, 0.25) is 0 Å². The molecule has 1 fully saturated rings. The molecule has 0 bridgehead atoms. The molecule has 5 nitrogen and oxygen atoms in total. The lowest BCUT2D eigenvalue weighted by molar-refractivity contribution is 0.0197. The van der Waals surface area contributed by atoms with Crippen LogP contribution >= 0.6 is 0 Å². The number of amides is 1. The topological polar surface area (TPSA) is 66.8 Å². The summed E-state index contributed by atoms with van der Waals surface area (Å²) in [5.74, 6) is 0.422.